The van der Waals surface area contributed by atoms with Gasteiger partial charge in [0.2, 0.25) is 0 Å². The number of sulfonamides is 1. The van der Waals surface area contributed by atoms with E-state index in [9.17, 15) is 18.0 Å². The van der Waals surface area contributed by atoms with Crippen molar-refractivity contribution in [1.82, 2.24) is 0 Å². The average molecular weight is 457 g/mol. The number of fused-ring (bicyclic) bond motifs is 1. The number of aryl methyl sites for hydroxylation is 1. The maximum Gasteiger partial charge on any atom is 0.338 e. The Morgan fingerprint density at radius 3 is 2.55 bits per heavy atom. The maximum atomic E-state index is 13.1. The summed E-state index contributed by atoms with van der Waals surface area (Å²) in [5.41, 5.74) is 2.23. The Hall–Kier alpha value is -3.17. The summed E-state index contributed by atoms with van der Waals surface area (Å²) in [6.45, 7) is 0.371. The molecule has 9 heteroatoms. The van der Waals surface area contributed by atoms with E-state index in [1.807, 2.05) is 6.07 Å². The third-order valence-corrected chi connectivity index (χ3v) is 8.22. The predicted octanol–water partition coefficient (Wildman–Crippen LogP) is 3.93. The molecule has 0 unspecified atom stereocenters. The first-order valence-corrected chi connectivity index (χ1v) is 11.9. The summed E-state index contributed by atoms with van der Waals surface area (Å²) in [5.74, 6) is -1.09. The van der Waals surface area contributed by atoms with Gasteiger partial charge < -0.3 is 10.1 Å². The number of amides is 1. The molecule has 0 fully saturated rings. The summed E-state index contributed by atoms with van der Waals surface area (Å²) in [6, 6.07) is 14.9. The summed E-state index contributed by atoms with van der Waals surface area (Å²) < 4.78 is 32.7. The van der Waals surface area contributed by atoms with E-state index < -0.39 is 21.9 Å². The first-order chi connectivity index (χ1) is 14.9. The molecule has 0 saturated heterocycles. The number of thiophene rings is 1. The molecule has 0 radical (unpaired) electrons. The molecule has 1 aromatic heterocycles. The lowest BCUT2D eigenvalue weighted by Gasteiger charge is -2.30. The van der Waals surface area contributed by atoms with Gasteiger partial charge in [-0.2, -0.15) is 0 Å². The number of nitrogens with one attached hydrogen (secondary N) is 1. The molecule has 31 heavy (non-hydrogen) atoms. The number of esters is 1. The van der Waals surface area contributed by atoms with Gasteiger partial charge in [-0.1, -0.05) is 24.3 Å². The van der Waals surface area contributed by atoms with Crippen molar-refractivity contribution < 1.29 is 22.7 Å². The molecule has 3 aromatic rings. The molecule has 0 saturated carbocycles. The van der Waals surface area contributed by atoms with Crippen LogP contribution in [0.4, 0.5) is 11.4 Å². The Morgan fingerprint density at radius 2 is 1.84 bits per heavy atom. The Kier molecular flexibility index (Phi) is 5.79. The van der Waals surface area contributed by atoms with Crippen LogP contribution in [0.15, 0.2) is 64.2 Å². The second kappa shape index (κ2) is 8.52. The van der Waals surface area contributed by atoms with Crippen molar-refractivity contribution in [3.63, 3.8) is 0 Å². The van der Waals surface area contributed by atoms with Crippen LogP contribution in [-0.4, -0.2) is 33.9 Å². The minimum atomic E-state index is -3.67. The summed E-state index contributed by atoms with van der Waals surface area (Å²) in [5, 5.41) is 4.50. The van der Waals surface area contributed by atoms with Gasteiger partial charge in [0.15, 0.2) is 0 Å². The number of hydrogen-bond donors (Lipinski definition) is 1. The first-order valence-electron chi connectivity index (χ1n) is 9.59. The van der Waals surface area contributed by atoms with Gasteiger partial charge in [0.25, 0.3) is 15.9 Å². The highest BCUT2D eigenvalue weighted by atomic mass is 32.2. The maximum absolute atomic E-state index is 13.1. The molecule has 2 heterocycles. The summed E-state index contributed by atoms with van der Waals surface area (Å²) in [4.78, 5) is 24.8. The third kappa shape index (κ3) is 4.06. The monoisotopic (exact) mass is 456 g/mol. The van der Waals surface area contributed by atoms with Crippen molar-refractivity contribution in [1.29, 1.82) is 0 Å². The lowest BCUT2D eigenvalue weighted by molar-refractivity contribution is 0.0597. The van der Waals surface area contributed by atoms with Gasteiger partial charge in [-0.25, -0.2) is 13.2 Å². The quantitative estimate of drug-likeness (QED) is 0.587. The first kappa shape index (κ1) is 21.1. The molecule has 1 aliphatic heterocycles. The molecule has 4 rings (SSSR count). The number of anilines is 2. The van der Waals surface area contributed by atoms with Crippen LogP contribution in [0.3, 0.4) is 0 Å². The van der Waals surface area contributed by atoms with Crippen LogP contribution in [-0.2, 0) is 21.2 Å². The number of carbonyl (C=O) groups is 2. The molecule has 0 aliphatic carbocycles. The fraction of sp³-hybridized carbons (Fsp3) is 0.182. The second-order valence-corrected chi connectivity index (χ2v) is 9.98. The number of benzene rings is 2. The topological polar surface area (TPSA) is 92.8 Å². The van der Waals surface area contributed by atoms with Gasteiger partial charge >= 0.3 is 5.97 Å². The average Bonchev–Trinajstić information content (AvgIpc) is 3.34. The van der Waals surface area contributed by atoms with Crippen molar-refractivity contribution >= 4 is 44.6 Å². The Bertz CT molecular complexity index is 1240. The molecular formula is C22H20N2O5S2. The van der Waals surface area contributed by atoms with Crippen LogP contribution in [0.2, 0.25) is 0 Å². The van der Waals surface area contributed by atoms with Gasteiger partial charge in [0, 0.05) is 12.2 Å². The highest BCUT2D eigenvalue weighted by Gasteiger charge is 2.30. The minimum Gasteiger partial charge on any atom is -0.465 e. The summed E-state index contributed by atoms with van der Waals surface area (Å²) in [7, 11) is -2.42. The zero-order valence-electron chi connectivity index (χ0n) is 16.7. The molecule has 7 nitrogen and oxygen atoms in total. The van der Waals surface area contributed by atoms with Crippen molar-refractivity contribution in [2.24, 2.45) is 0 Å². The highest BCUT2D eigenvalue weighted by Crippen LogP contribution is 2.35. The normalized spacial score (nSPS) is 13.4. The molecule has 2 aromatic carbocycles. The van der Waals surface area contributed by atoms with E-state index in [1.54, 1.807) is 41.8 Å². The molecule has 1 N–H and O–H groups in total. The van der Waals surface area contributed by atoms with Crippen LogP contribution >= 0.6 is 11.3 Å². The molecule has 0 bridgehead atoms. The van der Waals surface area contributed by atoms with E-state index in [1.165, 1.54) is 34.9 Å². The standard InChI is InChI=1S/C22H20N2O5S2/c1-29-22(26)18-8-3-2-7-17(18)21(25)23-16-11-10-15-6-4-12-24(19(15)14-16)31(27,28)20-9-5-13-30-20/h2-3,5,7-11,13-14H,4,6,12H2,1H3,(H,23,25). The number of rotatable bonds is 5. The molecule has 0 atom stereocenters. The zero-order chi connectivity index (χ0) is 22.0. The SMILES string of the molecule is COC(=O)c1ccccc1C(=O)Nc1ccc2c(c1)N(S(=O)(=O)c1cccs1)CCC2. The number of nitrogens with zero attached hydrogens (tertiary/aromatic N) is 1. The van der Waals surface area contributed by atoms with Crippen molar-refractivity contribution in [3.8, 4) is 0 Å². The van der Waals surface area contributed by atoms with Gasteiger partial charge in [0.1, 0.15) is 4.21 Å². The summed E-state index contributed by atoms with van der Waals surface area (Å²) in [6.07, 6.45) is 1.47. The van der Waals surface area contributed by atoms with E-state index in [0.29, 0.717) is 17.9 Å². The lowest BCUT2D eigenvalue weighted by Crippen LogP contribution is -2.35. The van der Waals surface area contributed by atoms with Gasteiger partial charge in [0.05, 0.1) is 23.9 Å². The van der Waals surface area contributed by atoms with Gasteiger partial charge in [-0.3, -0.25) is 9.10 Å². The van der Waals surface area contributed by atoms with Crippen molar-refractivity contribution in [2.75, 3.05) is 23.3 Å². The summed E-state index contributed by atoms with van der Waals surface area (Å²) >= 11 is 1.17. The highest BCUT2D eigenvalue weighted by molar-refractivity contribution is 7.94. The molecular weight excluding hydrogens is 436 g/mol. The van der Waals surface area contributed by atoms with Crippen molar-refractivity contribution in [2.45, 2.75) is 17.1 Å². The molecule has 0 spiro atoms. The largest absolute Gasteiger partial charge is 0.465 e. The third-order valence-electron chi connectivity index (χ3n) is 5.04. The van der Waals surface area contributed by atoms with Crippen LogP contribution in [0.1, 0.15) is 32.7 Å². The number of ether oxygens (including phenoxy) is 1. The van der Waals surface area contributed by atoms with E-state index in [4.69, 9.17) is 4.74 Å². The molecule has 160 valence electrons. The molecule has 1 amide bonds. The lowest BCUT2D eigenvalue weighted by atomic mass is 10.0. The van der Waals surface area contributed by atoms with E-state index >= 15 is 0 Å². The van der Waals surface area contributed by atoms with Crippen LogP contribution in [0, 0.1) is 0 Å². The van der Waals surface area contributed by atoms with Gasteiger partial charge in [-0.05, 0) is 54.1 Å². The Balaban J connectivity index is 1.66. The van der Waals surface area contributed by atoms with Crippen LogP contribution in [0.5, 0.6) is 0 Å². The fourth-order valence-electron chi connectivity index (χ4n) is 3.55. The fourth-order valence-corrected chi connectivity index (χ4v) is 6.19. The van der Waals surface area contributed by atoms with Crippen LogP contribution < -0.4 is 9.62 Å². The number of carbonyl (C=O) groups excluding carboxylic acids is 2. The van der Waals surface area contributed by atoms with Gasteiger partial charge in [-0.15, -0.1) is 11.3 Å². The van der Waals surface area contributed by atoms with Crippen molar-refractivity contribution in [3.05, 3.63) is 76.7 Å². The smallest absolute Gasteiger partial charge is 0.338 e. The number of methoxy groups -OCH3 is 1. The Morgan fingerprint density at radius 1 is 1.06 bits per heavy atom. The van der Waals surface area contributed by atoms with E-state index in [2.05, 4.69) is 5.32 Å². The van der Waals surface area contributed by atoms with E-state index in [0.717, 1.165) is 18.4 Å². The predicted molar refractivity (Wildman–Crippen MR) is 119 cm³/mol. The second-order valence-electron chi connectivity index (χ2n) is 6.95. The van der Waals surface area contributed by atoms with E-state index in [-0.39, 0.29) is 15.3 Å². The zero-order valence-corrected chi connectivity index (χ0v) is 18.3. The Labute approximate surface area is 184 Å². The molecule has 1 aliphatic rings. The van der Waals surface area contributed by atoms with Crippen LogP contribution in [0.25, 0.3) is 0 Å². The minimum absolute atomic E-state index is 0.155. The number of hydrogen-bond acceptors (Lipinski definition) is 6.